The van der Waals surface area contributed by atoms with Gasteiger partial charge >= 0.3 is 5.97 Å². The predicted octanol–water partition coefficient (Wildman–Crippen LogP) is 2.42. The largest absolute Gasteiger partial charge is 0.481 e. The van der Waals surface area contributed by atoms with E-state index in [-0.39, 0.29) is 5.91 Å². The molecule has 3 heterocycles. The lowest BCUT2D eigenvalue weighted by Gasteiger charge is -2.41. The van der Waals surface area contributed by atoms with E-state index in [0.29, 0.717) is 43.9 Å². The minimum atomic E-state index is -0.864. The Balaban J connectivity index is 1.85. The van der Waals surface area contributed by atoms with Crippen LogP contribution in [-0.2, 0) is 9.53 Å². The van der Waals surface area contributed by atoms with Crippen LogP contribution >= 0.6 is 0 Å². The van der Waals surface area contributed by atoms with Gasteiger partial charge in [-0.05, 0) is 50.7 Å². The number of methoxy groups -OCH3 is 1. The maximum Gasteiger partial charge on any atom is 0.311 e. The number of hydrogen-bond acceptors (Lipinski definition) is 5. The number of likely N-dealkylation sites (tertiary alicyclic amines) is 1. The van der Waals surface area contributed by atoms with Crippen LogP contribution < -0.4 is 4.90 Å². The van der Waals surface area contributed by atoms with Gasteiger partial charge in [0, 0.05) is 46.1 Å². The van der Waals surface area contributed by atoms with Crippen molar-refractivity contribution in [2.24, 2.45) is 5.41 Å². The minimum Gasteiger partial charge on any atom is -0.481 e. The molecule has 2 aliphatic rings. The number of pyridine rings is 1. The summed E-state index contributed by atoms with van der Waals surface area (Å²) in [6, 6.07) is 3.59. The number of carboxylic acid groups (broad SMARTS) is 1. The van der Waals surface area contributed by atoms with Gasteiger partial charge in [-0.2, -0.15) is 0 Å². The Labute approximate surface area is 160 Å². The quantitative estimate of drug-likeness (QED) is 0.822. The Hall–Kier alpha value is -2.15. The second-order valence-electron chi connectivity index (χ2n) is 7.58. The molecule has 1 amide bonds. The number of carboxylic acids is 1. The first-order valence-corrected chi connectivity index (χ1v) is 9.79. The number of aliphatic carboxylic acids is 1. The van der Waals surface area contributed by atoms with Gasteiger partial charge in [-0.15, -0.1) is 0 Å². The number of amides is 1. The highest BCUT2D eigenvalue weighted by atomic mass is 16.5. The Kier molecular flexibility index (Phi) is 6.31. The van der Waals surface area contributed by atoms with E-state index in [2.05, 4.69) is 4.98 Å². The molecule has 0 aromatic carbocycles. The number of aromatic nitrogens is 1. The molecule has 0 radical (unpaired) electrons. The van der Waals surface area contributed by atoms with Crippen molar-refractivity contribution in [2.75, 3.05) is 44.8 Å². The van der Waals surface area contributed by atoms with Crippen LogP contribution in [0.5, 0.6) is 0 Å². The van der Waals surface area contributed by atoms with Crippen LogP contribution in [0.25, 0.3) is 0 Å². The third-order valence-corrected chi connectivity index (χ3v) is 5.78. The van der Waals surface area contributed by atoms with Crippen molar-refractivity contribution in [3.63, 3.8) is 0 Å². The molecule has 3 rings (SSSR count). The molecule has 2 fully saturated rings. The van der Waals surface area contributed by atoms with Crippen molar-refractivity contribution >= 4 is 17.7 Å². The van der Waals surface area contributed by atoms with E-state index in [9.17, 15) is 14.7 Å². The Morgan fingerprint density at radius 3 is 2.70 bits per heavy atom. The van der Waals surface area contributed by atoms with E-state index in [4.69, 9.17) is 4.74 Å². The molecule has 0 bridgehead atoms. The first-order valence-electron chi connectivity index (χ1n) is 9.79. The second kappa shape index (κ2) is 8.69. The van der Waals surface area contributed by atoms with Gasteiger partial charge in [0.25, 0.3) is 5.91 Å². The van der Waals surface area contributed by atoms with Crippen molar-refractivity contribution in [2.45, 2.75) is 38.5 Å². The molecule has 0 saturated carbocycles. The molecule has 1 N–H and O–H groups in total. The van der Waals surface area contributed by atoms with Gasteiger partial charge in [-0.25, -0.2) is 4.98 Å². The number of ether oxygens (including phenoxy) is 1. The molecular formula is C20H29N3O4. The Bertz CT molecular complexity index is 675. The zero-order valence-electron chi connectivity index (χ0n) is 16.0. The number of carbonyl (C=O) groups is 2. The van der Waals surface area contributed by atoms with Gasteiger partial charge < -0.3 is 19.6 Å². The SMILES string of the molecule is COCC[C@]1(C(=O)O)CCCN(c2ncccc2C(=O)N2CCCCC2)C1. The molecule has 7 heteroatoms. The highest BCUT2D eigenvalue weighted by molar-refractivity contribution is 5.99. The topological polar surface area (TPSA) is 83.0 Å². The zero-order valence-corrected chi connectivity index (χ0v) is 16.0. The van der Waals surface area contributed by atoms with E-state index < -0.39 is 11.4 Å². The smallest absolute Gasteiger partial charge is 0.311 e. The number of nitrogens with zero attached hydrogens (tertiary/aromatic N) is 3. The molecule has 1 aromatic rings. The molecule has 7 nitrogen and oxygen atoms in total. The number of hydrogen-bond donors (Lipinski definition) is 1. The summed E-state index contributed by atoms with van der Waals surface area (Å²) in [5.74, 6) is -0.193. The summed E-state index contributed by atoms with van der Waals surface area (Å²) in [4.78, 5) is 33.4. The van der Waals surface area contributed by atoms with Gasteiger partial charge in [-0.1, -0.05) is 0 Å². The standard InChI is InChI=1S/C20H29N3O4/c1-27-14-9-20(19(25)26)8-6-13-23(15-20)17-16(7-5-10-21-17)18(24)22-11-3-2-4-12-22/h5,7,10H,2-4,6,8-9,11-15H2,1H3,(H,25,26)/t20-/m1/s1. The van der Waals surface area contributed by atoms with Crippen molar-refractivity contribution in [3.05, 3.63) is 23.9 Å². The molecule has 2 saturated heterocycles. The highest BCUT2D eigenvalue weighted by Crippen LogP contribution is 2.36. The van der Waals surface area contributed by atoms with Crippen LogP contribution in [-0.4, -0.2) is 66.8 Å². The van der Waals surface area contributed by atoms with E-state index in [1.165, 1.54) is 0 Å². The highest BCUT2D eigenvalue weighted by Gasteiger charge is 2.43. The van der Waals surface area contributed by atoms with Gasteiger partial charge in [-0.3, -0.25) is 9.59 Å². The normalized spacial score (nSPS) is 23.3. The molecule has 0 unspecified atom stereocenters. The summed E-state index contributed by atoms with van der Waals surface area (Å²) in [7, 11) is 1.59. The molecule has 1 atom stereocenters. The molecule has 27 heavy (non-hydrogen) atoms. The summed E-state index contributed by atoms with van der Waals surface area (Å²) >= 11 is 0. The number of anilines is 1. The van der Waals surface area contributed by atoms with E-state index in [1.807, 2.05) is 15.9 Å². The lowest BCUT2D eigenvalue weighted by atomic mass is 9.77. The van der Waals surface area contributed by atoms with Crippen LogP contribution in [0.1, 0.15) is 48.9 Å². The lowest BCUT2D eigenvalue weighted by molar-refractivity contribution is -0.150. The third kappa shape index (κ3) is 4.24. The van der Waals surface area contributed by atoms with Crippen molar-refractivity contribution in [1.82, 2.24) is 9.88 Å². The fraction of sp³-hybridized carbons (Fsp3) is 0.650. The average molecular weight is 375 g/mol. The third-order valence-electron chi connectivity index (χ3n) is 5.78. The maximum absolute atomic E-state index is 13.1. The van der Waals surface area contributed by atoms with Crippen LogP contribution in [0.2, 0.25) is 0 Å². The van der Waals surface area contributed by atoms with Gasteiger partial charge in [0.1, 0.15) is 5.82 Å². The lowest BCUT2D eigenvalue weighted by Crippen LogP contribution is -2.49. The fourth-order valence-corrected chi connectivity index (χ4v) is 4.18. The summed E-state index contributed by atoms with van der Waals surface area (Å²) in [5.41, 5.74) is -0.288. The Morgan fingerprint density at radius 1 is 1.22 bits per heavy atom. The van der Waals surface area contributed by atoms with Gasteiger partial charge in [0.05, 0.1) is 11.0 Å². The minimum absolute atomic E-state index is 0.00110. The molecular weight excluding hydrogens is 346 g/mol. The van der Waals surface area contributed by atoms with Crippen LogP contribution in [0, 0.1) is 5.41 Å². The molecule has 1 aromatic heterocycles. The molecule has 0 aliphatic carbocycles. The predicted molar refractivity (Wildman–Crippen MR) is 102 cm³/mol. The van der Waals surface area contributed by atoms with Crippen molar-refractivity contribution in [1.29, 1.82) is 0 Å². The van der Waals surface area contributed by atoms with Gasteiger partial charge in [0.2, 0.25) is 0 Å². The molecule has 2 aliphatic heterocycles. The fourth-order valence-electron chi connectivity index (χ4n) is 4.18. The maximum atomic E-state index is 13.1. The number of carbonyl (C=O) groups excluding carboxylic acids is 1. The first kappa shape index (κ1) is 19.6. The second-order valence-corrected chi connectivity index (χ2v) is 7.58. The van der Waals surface area contributed by atoms with Crippen LogP contribution in [0.15, 0.2) is 18.3 Å². The molecule has 148 valence electrons. The van der Waals surface area contributed by atoms with Crippen molar-refractivity contribution < 1.29 is 19.4 Å². The summed E-state index contributed by atoms with van der Waals surface area (Å²) in [6.45, 7) is 3.02. The Morgan fingerprint density at radius 2 is 2.00 bits per heavy atom. The summed E-state index contributed by atoms with van der Waals surface area (Å²) < 4.78 is 5.14. The average Bonchev–Trinajstić information content (AvgIpc) is 2.72. The monoisotopic (exact) mass is 375 g/mol. The summed E-state index contributed by atoms with van der Waals surface area (Å²) in [5, 5.41) is 9.88. The number of rotatable bonds is 6. The number of piperidine rings is 2. The van der Waals surface area contributed by atoms with Crippen LogP contribution in [0.3, 0.4) is 0 Å². The van der Waals surface area contributed by atoms with E-state index in [0.717, 1.165) is 38.8 Å². The van der Waals surface area contributed by atoms with Crippen LogP contribution in [0.4, 0.5) is 5.82 Å². The van der Waals surface area contributed by atoms with E-state index >= 15 is 0 Å². The summed E-state index contributed by atoms with van der Waals surface area (Å²) in [6.07, 6.45) is 6.73. The molecule has 0 spiro atoms. The van der Waals surface area contributed by atoms with Gasteiger partial charge in [0.15, 0.2) is 0 Å². The van der Waals surface area contributed by atoms with Crippen molar-refractivity contribution in [3.8, 4) is 0 Å². The van der Waals surface area contributed by atoms with E-state index in [1.54, 1.807) is 19.4 Å². The first-order chi connectivity index (χ1) is 13.1. The zero-order chi connectivity index (χ0) is 19.3.